The van der Waals surface area contributed by atoms with Crippen molar-refractivity contribution in [2.45, 2.75) is 33.1 Å². The van der Waals surface area contributed by atoms with Crippen molar-refractivity contribution in [2.75, 3.05) is 5.73 Å². The molecule has 0 unspecified atom stereocenters. The van der Waals surface area contributed by atoms with E-state index >= 15 is 0 Å². The molecule has 2 N–H and O–H groups in total. The molecule has 5 heteroatoms. The Morgan fingerprint density at radius 3 is 2.53 bits per heavy atom. The van der Waals surface area contributed by atoms with Crippen molar-refractivity contribution in [1.82, 2.24) is 0 Å². The van der Waals surface area contributed by atoms with Gasteiger partial charge >= 0.3 is 0 Å². The lowest BCUT2D eigenvalue weighted by Gasteiger charge is -2.16. The van der Waals surface area contributed by atoms with E-state index in [-0.39, 0.29) is 11.5 Å². The lowest BCUT2D eigenvalue weighted by molar-refractivity contribution is -0.385. The number of carbonyl (C=O) groups excluding carboxylic acids is 1. The van der Waals surface area contributed by atoms with Crippen molar-refractivity contribution < 1.29 is 9.72 Å². The number of nitro benzene ring substituents is 1. The summed E-state index contributed by atoms with van der Waals surface area (Å²) >= 11 is 0. The second-order valence-electron chi connectivity index (χ2n) is 3.56. The van der Waals surface area contributed by atoms with Crippen LogP contribution >= 0.6 is 0 Å². The number of nitro groups is 1. The highest BCUT2D eigenvalue weighted by atomic mass is 16.6. The number of nitrogens with two attached hydrogens (primary N) is 1. The minimum absolute atomic E-state index is 0.00671. The van der Waals surface area contributed by atoms with Crippen molar-refractivity contribution >= 4 is 17.2 Å². The highest BCUT2D eigenvalue weighted by Crippen LogP contribution is 2.33. The molecule has 0 spiro atoms. The monoisotopic (exact) mass is 236 g/mol. The smallest absolute Gasteiger partial charge is 0.273 e. The molecule has 0 aliphatic heterocycles. The molecule has 1 aromatic carbocycles. The summed E-state index contributed by atoms with van der Waals surface area (Å²) in [6.45, 7) is 4.00. The van der Waals surface area contributed by atoms with E-state index in [2.05, 4.69) is 0 Å². The number of carbonyl (C=O) groups is 1. The van der Waals surface area contributed by atoms with Crippen LogP contribution in [0.15, 0.2) is 12.1 Å². The van der Waals surface area contributed by atoms with Gasteiger partial charge in [0.25, 0.3) is 5.69 Å². The summed E-state index contributed by atoms with van der Waals surface area (Å²) in [4.78, 5) is 21.9. The molecule has 92 valence electrons. The topological polar surface area (TPSA) is 86.2 Å². The number of Topliss-reactive ketones (excluding diaryl/α,β-unsaturated/α-hetero) is 1. The first-order valence-electron chi connectivity index (χ1n) is 5.70. The molecule has 1 aliphatic rings. The quantitative estimate of drug-likeness (QED) is 0.461. The van der Waals surface area contributed by atoms with Crippen molar-refractivity contribution in [3.8, 4) is 0 Å². The molecule has 0 heterocycles. The third kappa shape index (κ3) is 2.43. The van der Waals surface area contributed by atoms with Gasteiger partial charge in [-0.3, -0.25) is 14.9 Å². The summed E-state index contributed by atoms with van der Waals surface area (Å²) in [5.41, 5.74) is 6.87. The maximum absolute atomic E-state index is 11.6. The fraction of sp³-hybridized carbons (Fsp3) is 0.417. The first-order valence-corrected chi connectivity index (χ1v) is 5.70. The predicted molar refractivity (Wildman–Crippen MR) is 66.1 cm³/mol. The van der Waals surface area contributed by atoms with Gasteiger partial charge in [0.1, 0.15) is 0 Å². The van der Waals surface area contributed by atoms with E-state index in [0.717, 1.165) is 0 Å². The average molecular weight is 236 g/mol. The Morgan fingerprint density at radius 1 is 1.29 bits per heavy atom. The number of hydrogen-bond donors (Lipinski definition) is 1. The maximum Gasteiger partial charge on any atom is 0.273 e. The highest BCUT2D eigenvalue weighted by Gasteiger charge is 2.26. The zero-order valence-electron chi connectivity index (χ0n) is 10.0. The van der Waals surface area contributed by atoms with Gasteiger partial charge in [0.05, 0.1) is 10.5 Å². The molecule has 17 heavy (non-hydrogen) atoms. The highest BCUT2D eigenvalue weighted by molar-refractivity contribution is 6.04. The molecular formula is C12H16N2O3. The molecule has 0 saturated heterocycles. The van der Waals surface area contributed by atoms with Crippen LogP contribution in [0, 0.1) is 10.1 Å². The van der Waals surface area contributed by atoms with Gasteiger partial charge in [-0.25, -0.2) is 0 Å². The van der Waals surface area contributed by atoms with Crippen LogP contribution in [0.3, 0.4) is 0 Å². The van der Waals surface area contributed by atoms with Crippen LogP contribution in [0.1, 0.15) is 42.6 Å². The predicted octanol–water partition coefficient (Wildman–Crippen LogP) is 2.72. The van der Waals surface area contributed by atoms with E-state index in [1.165, 1.54) is 12.1 Å². The van der Waals surface area contributed by atoms with Crippen molar-refractivity contribution in [3.05, 3.63) is 33.4 Å². The Labute approximate surface area is 99.8 Å². The average Bonchev–Trinajstić information content (AvgIpc) is 2.31. The minimum Gasteiger partial charge on any atom is -0.398 e. The lowest BCUT2D eigenvalue weighted by Crippen LogP contribution is -2.15. The zero-order chi connectivity index (χ0) is 13.0. The number of nitrogens with zero attached hydrogens (tertiary/aromatic N) is 1. The molecule has 1 aromatic rings. The molecular weight excluding hydrogens is 220 g/mol. The summed E-state index contributed by atoms with van der Waals surface area (Å²) in [5.74, 6) is -0.0857. The van der Waals surface area contributed by atoms with Crippen LogP contribution in [0.25, 0.3) is 0 Å². The van der Waals surface area contributed by atoms with Gasteiger partial charge in [0, 0.05) is 23.7 Å². The number of ketones is 1. The normalized spacial score (nSPS) is 13.4. The fourth-order valence-electron chi connectivity index (χ4n) is 1.96. The minimum atomic E-state index is -0.461. The van der Waals surface area contributed by atoms with Gasteiger partial charge in [0.2, 0.25) is 0 Å². The zero-order valence-corrected chi connectivity index (χ0v) is 10.0. The van der Waals surface area contributed by atoms with Crippen LogP contribution in [0.5, 0.6) is 0 Å². The van der Waals surface area contributed by atoms with Gasteiger partial charge in [-0.05, 0) is 18.9 Å². The molecule has 1 aliphatic carbocycles. The number of hydrogen-bond acceptors (Lipinski definition) is 4. The van der Waals surface area contributed by atoms with Gasteiger partial charge in [-0.15, -0.1) is 0 Å². The summed E-state index contributed by atoms with van der Waals surface area (Å²) in [6, 6.07) is 2.80. The summed E-state index contributed by atoms with van der Waals surface area (Å²) in [7, 11) is 0. The SMILES string of the molecule is CC.Nc1ccc([N+](=O)[O-])c2c1C(=O)CCC2. The van der Waals surface area contributed by atoms with E-state index in [0.29, 0.717) is 36.1 Å². The number of benzene rings is 1. The van der Waals surface area contributed by atoms with Crippen molar-refractivity contribution in [3.63, 3.8) is 0 Å². The maximum atomic E-state index is 11.6. The largest absolute Gasteiger partial charge is 0.398 e. The first kappa shape index (κ1) is 13.2. The molecule has 0 fully saturated rings. The van der Waals surface area contributed by atoms with Crippen LogP contribution in [-0.4, -0.2) is 10.7 Å². The number of nitrogen functional groups attached to an aromatic ring is 1. The molecule has 0 amide bonds. The molecule has 0 saturated carbocycles. The second-order valence-corrected chi connectivity index (χ2v) is 3.56. The van der Waals surface area contributed by atoms with E-state index in [1.54, 1.807) is 0 Å². The third-order valence-electron chi connectivity index (χ3n) is 2.63. The Bertz CT molecular complexity index is 455. The molecule has 2 rings (SSSR count). The third-order valence-corrected chi connectivity index (χ3v) is 2.63. The Hall–Kier alpha value is -1.91. The Balaban J connectivity index is 0.000000686. The van der Waals surface area contributed by atoms with Crippen LogP contribution in [-0.2, 0) is 6.42 Å². The van der Waals surface area contributed by atoms with Crippen molar-refractivity contribution in [2.24, 2.45) is 0 Å². The summed E-state index contributed by atoms with van der Waals surface area (Å²) < 4.78 is 0. The fourth-order valence-corrected chi connectivity index (χ4v) is 1.96. The van der Waals surface area contributed by atoms with Crippen LogP contribution in [0.4, 0.5) is 11.4 Å². The van der Waals surface area contributed by atoms with E-state index in [4.69, 9.17) is 5.73 Å². The Kier molecular flexibility index (Phi) is 4.20. The molecule has 5 nitrogen and oxygen atoms in total. The van der Waals surface area contributed by atoms with Gasteiger partial charge in [0.15, 0.2) is 5.78 Å². The summed E-state index contributed by atoms with van der Waals surface area (Å²) in [5, 5.41) is 10.7. The van der Waals surface area contributed by atoms with Gasteiger partial charge < -0.3 is 5.73 Å². The van der Waals surface area contributed by atoms with Crippen LogP contribution in [0.2, 0.25) is 0 Å². The van der Waals surface area contributed by atoms with Crippen LogP contribution < -0.4 is 5.73 Å². The van der Waals surface area contributed by atoms with E-state index in [9.17, 15) is 14.9 Å². The van der Waals surface area contributed by atoms with Gasteiger partial charge in [-0.2, -0.15) is 0 Å². The van der Waals surface area contributed by atoms with Gasteiger partial charge in [-0.1, -0.05) is 13.8 Å². The lowest BCUT2D eigenvalue weighted by atomic mass is 9.88. The molecule has 0 aromatic heterocycles. The van der Waals surface area contributed by atoms with E-state index < -0.39 is 4.92 Å². The Morgan fingerprint density at radius 2 is 1.94 bits per heavy atom. The van der Waals surface area contributed by atoms with E-state index in [1.807, 2.05) is 13.8 Å². The summed E-state index contributed by atoms with van der Waals surface area (Å²) in [6.07, 6.45) is 1.65. The van der Waals surface area contributed by atoms with Crippen molar-refractivity contribution in [1.29, 1.82) is 0 Å². The first-order chi connectivity index (χ1) is 8.11. The number of anilines is 1. The molecule has 0 radical (unpaired) electrons. The number of rotatable bonds is 1. The number of fused-ring (bicyclic) bond motifs is 1. The second kappa shape index (κ2) is 5.43. The molecule has 0 bridgehead atoms. The molecule has 0 atom stereocenters. The standard InChI is InChI=1S/C10H10N2O3.C2H6/c11-7-4-5-8(12(14)15)6-2-1-3-9(13)10(6)7;1-2/h4-5H,1-3,11H2;1-2H3.